The number of rotatable bonds is 8. The predicted molar refractivity (Wildman–Crippen MR) is 134 cm³/mol. The summed E-state index contributed by atoms with van der Waals surface area (Å²) >= 11 is 0. The zero-order valence-corrected chi connectivity index (χ0v) is 22.2. The fourth-order valence-corrected chi connectivity index (χ4v) is 4.51. The normalized spacial score (nSPS) is 27.7. The largest absolute Gasteiger partial charge is 0.478 e. The lowest BCUT2D eigenvalue weighted by molar-refractivity contribution is -0.130. The maximum absolute atomic E-state index is 13.3. The van der Waals surface area contributed by atoms with Gasteiger partial charge in [0.1, 0.15) is 24.0 Å². The molecule has 34 heavy (non-hydrogen) atoms. The summed E-state index contributed by atoms with van der Waals surface area (Å²) in [5.74, 6) is 1.48. The van der Waals surface area contributed by atoms with Gasteiger partial charge in [-0.2, -0.15) is 0 Å². The van der Waals surface area contributed by atoms with Gasteiger partial charge in [0.2, 0.25) is 11.8 Å². The molecule has 0 radical (unpaired) electrons. The molecule has 0 unspecified atom stereocenters. The number of amides is 2. The zero-order valence-electron chi connectivity index (χ0n) is 22.2. The molecular weight excluding hydrogens is 432 g/mol. The SMILES string of the molecule is CC(C)[C@@H]1COC(C(C)(C)C(=O)N[C@H]2CCCC[C@@H]2NC(=O)C(C)(C)C2=N[C@H](C(C)C)CO2)=N1. The monoisotopic (exact) mass is 476 g/mol. The summed E-state index contributed by atoms with van der Waals surface area (Å²) in [6.45, 7) is 16.9. The minimum Gasteiger partial charge on any atom is -0.478 e. The molecule has 0 saturated heterocycles. The molecule has 0 aromatic rings. The Morgan fingerprint density at radius 3 is 1.41 bits per heavy atom. The molecule has 8 heteroatoms. The van der Waals surface area contributed by atoms with Crippen LogP contribution in [0.15, 0.2) is 9.98 Å². The van der Waals surface area contributed by atoms with E-state index in [1.54, 1.807) is 0 Å². The van der Waals surface area contributed by atoms with Crippen LogP contribution in [0.4, 0.5) is 0 Å². The molecule has 2 aliphatic heterocycles. The molecule has 3 aliphatic rings. The molecule has 1 aliphatic carbocycles. The molecule has 0 spiro atoms. The Balaban J connectivity index is 1.66. The lowest BCUT2D eigenvalue weighted by atomic mass is 9.85. The van der Waals surface area contributed by atoms with E-state index in [2.05, 4.69) is 48.3 Å². The molecule has 2 N–H and O–H groups in total. The molecule has 0 aromatic heterocycles. The van der Waals surface area contributed by atoms with E-state index in [0.29, 0.717) is 36.8 Å². The third-order valence-electron chi connectivity index (χ3n) is 7.49. The fourth-order valence-electron chi connectivity index (χ4n) is 4.51. The summed E-state index contributed by atoms with van der Waals surface area (Å²) in [4.78, 5) is 36.0. The number of ether oxygens (including phenoxy) is 2. The summed E-state index contributed by atoms with van der Waals surface area (Å²) in [7, 11) is 0. The first-order chi connectivity index (χ1) is 15.8. The van der Waals surface area contributed by atoms with Crippen LogP contribution in [-0.2, 0) is 19.1 Å². The van der Waals surface area contributed by atoms with Gasteiger partial charge in [-0.3, -0.25) is 9.59 Å². The molecule has 4 atom stereocenters. The molecular formula is C26H44N4O4. The third-order valence-corrected chi connectivity index (χ3v) is 7.49. The molecule has 1 saturated carbocycles. The maximum atomic E-state index is 13.3. The summed E-state index contributed by atoms with van der Waals surface area (Å²) in [5, 5.41) is 6.41. The molecule has 192 valence electrons. The van der Waals surface area contributed by atoms with E-state index in [0.717, 1.165) is 25.7 Å². The number of aliphatic imine (C=N–C) groups is 2. The molecule has 2 heterocycles. The van der Waals surface area contributed by atoms with Gasteiger partial charge < -0.3 is 20.1 Å². The van der Waals surface area contributed by atoms with Crippen LogP contribution in [-0.4, -0.2) is 61.0 Å². The van der Waals surface area contributed by atoms with E-state index in [4.69, 9.17) is 9.47 Å². The Morgan fingerprint density at radius 2 is 1.12 bits per heavy atom. The van der Waals surface area contributed by atoms with Crippen LogP contribution < -0.4 is 10.6 Å². The molecule has 0 bridgehead atoms. The van der Waals surface area contributed by atoms with Crippen LogP contribution in [0.5, 0.6) is 0 Å². The standard InChI is InChI=1S/C26H44N4O4/c1-15(2)19-13-33-23(29-19)25(5,6)21(31)27-17-11-9-10-12-18(17)28-22(32)26(7,8)24-30-20(14-34-24)16(3)4/h15-20H,9-14H2,1-8H3,(H,27,31)(H,28,32)/t17-,18-,19-,20-/m0/s1. The van der Waals surface area contributed by atoms with E-state index in [1.165, 1.54) is 0 Å². The van der Waals surface area contributed by atoms with Gasteiger partial charge in [0.05, 0.1) is 12.1 Å². The third kappa shape index (κ3) is 5.57. The van der Waals surface area contributed by atoms with Crippen molar-refractivity contribution in [2.45, 2.75) is 105 Å². The first-order valence-corrected chi connectivity index (χ1v) is 12.9. The van der Waals surface area contributed by atoms with Gasteiger partial charge in [0.15, 0.2) is 11.8 Å². The molecule has 8 nitrogen and oxygen atoms in total. The van der Waals surface area contributed by atoms with Crippen molar-refractivity contribution in [2.75, 3.05) is 13.2 Å². The average molecular weight is 477 g/mol. The Bertz CT molecular complexity index is 763. The van der Waals surface area contributed by atoms with Crippen molar-refractivity contribution in [1.29, 1.82) is 0 Å². The number of nitrogens with zero attached hydrogens (tertiary/aromatic N) is 2. The second-order valence-corrected chi connectivity index (χ2v) is 11.8. The summed E-state index contributed by atoms with van der Waals surface area (Å²) in [6.07, 6.45) is 3.67. The van der Waals surface area contributed by atoms with Crippen LogP contribution in [0.1, 0.15) is 81.1 Å². The van der Waals surface area contributed by atoms with Crippen molar-refractivity contribution in [2.24, 2.45) is 32.7 Å². The van der Waals surface area contributed by atoms with Crippen LogP contribution in [0.2, 0.25) is 0 Å². The lowest BCUT2D eigenvalue weighted by Crippen LogP contribution is -2.58. The van der Waals surface area contributed by atoms with Crippen molar-refractivity contribution in [3.63, 3.8) is 0 Å². The van der Waals surface area contributed by atoms with Crippen molar-refractivity contribution < 1.29 is 19.1 Å². The fraction of sp³-hybridized carbons (Fsp3) is 0.846. The van der Waals surface area contributed by atoms with Gasteiger partial charge in [-0.25, -0.2) is 9.98 Å². The van der Waals surface area contributed by atoms with Gasteiger partial charge in [-0.1, -0.05) is 40.5 Å². The zero-order chi connectivity index (χ0) is 25.3. The van der Waals surface area contributed by atoms with Crippen molar-refractivity contribution >= 4 is 23.6 Å². The topological polar surface area (TPSA) is 101 Å². The smallest absolute Gasteiger partial charge is 0.235 e. The summed E-state index contributed by atoms with van der Waals surface area (Å²) in [6, 6.07) is -0.111. The number of carbonyl (C=O) groups is 2. The summed E-state index contributed by atoms with van der Waals surface area (Å²) in [5.41, 5.74) is -1.74. The Morgan fingerprint density at radius 1 is 0.765 bits per heavy atom. The van der Waals surface area contributed by atoms with Gasteiger partial charge in [-0.05, 0) is 52.4 Å². The van der Waals surface area contributed by atoms with Crippen LogP contribution >= 0.6 is 0 Å². The van der Waals surface area contributed by atoms with Gasteiger partial charge >= 0.3 is 0 Å². The van der Waals surface area contributed by atoms with E-state index in [-0.39, 0.29) is 36.0 Å². The lowest BCUT2D eigenvalue weighted by Gasteiger charge is -2.36. The van der Waals surface area contributed by atoms with E-state index < -0.39 is 10.8 Å². The predicted octanol–water partition coefficient (Wildman–Crippen LogP) is 3.49. The second-order valence-electron chi connectivity index (χ2n) is 11.8. The Labute approximate surface area is 204 Å². The minimum atomic E-state index is -0.868. The van der Waals surface area contributed by atoms with Crippen molar-refractivity contribution in [3.8, 4) is 0 Å². The van der Waals surface area contributed by atoms with Crippen LogP contribution in [0.25, 0.3) is 0 Å². The molecule has 2 amide bonds. The van der Waals surface area contributed by atoms with Crippen molar-refractivity contribution in [1.82, 2.24) is 10.6 Å². The average Bonchev–Trinajstić information content (AvgIpc) is 3.46. The highest BCUT2D eigenvalue weighted by Gasteiger charge is 2.44. The minimum absolute atomic E-state index is 0.0852. The highest BCUT2D eigenvalue weighted by atomic mass is 16.5. The van der Waals surface area contributed by atoms with E-state index >= 15 is 0 Å². The number of carbonyl (C=O) groups excluding carboxylic acids is 2. The summed E-state index contributed by atoms with van der Waals surface area (Å²) < 4.78 is 11.6. The number of nitrogens with one attached hydrogen (secondary N) is 2. The highest BCUT2D eigenvalue weighted by Crippen LogP contribution is 2.29. The first-order valence-electron chi connectivity index (χ1n) is 12.9. The highest BCUT2D eigenvalue weighted by molar-refractivity contribution is 6.06. The maximum Gasteiger partial charge on any atom is 0.235 e. The molecule has 3 rings (SSSR count). The van der Waals surface area contributed by atoms with Crippen molar-refractivity contribution in [3.05, 3.63) is 0 Å². The van der Waals surface area contributed by atoms with E-state index in [1.807, 2.05) is 27.7 Å². The number of hydrogen-bond acceptors (Lipinski definition) is 6. The van der Waals surface area contributed by atoms with Gasteiger partial charge in [0.25, 0.3) is 0 Å². The molecule has 0 aromatic carbocycles. The number of hydrogen-bond donors (Lipinski definition) is 2. The first kappa shape index (κ1) is 26.5. The van der Waals surface area contributed by atoms with Crippen LogP contribution in [0, 0.1) is 22.7 Å². The Kier molecular flexibility index (Phi) is 7.98. The second kappa shape index (κ2) is 10.2. The Hall–Kier alpha value is -2.12. The van der Waals surface area contributed by atoms with Gasteiger partial charge in [-0.15, -0.1) is 0 Å². The van der Waals surface area contributed by atoms with E-state index in [9.17, 15) is 9.59 Å². The van der Waals surface area contributed by atoms with Gasteiger partial charge in [0, 0.05) is 12.1 Å². The molecule has 1 fully saturated rings. The van der Waals surface area contributed by atoms with Crippen LogP contribution in [0.3, 0.4) is 0 Å². The quantitative estimate of drug-likeness (QED) is 0.560.